The predicted molar refractivity (Wildman–Crippen MR) is 56.5 cm³/mol. The number of hydrogen-bond acceptors (Lipinski definition) is 2. The summed E-state index contributed by atoms with van der Waals surface area (Å²) in [7, 11) is 0. The molecule has 0 aromatic carbocycles. The van der Waals surface area contributed by atoms with Crippen molar-refractivity contribution in [1.82, 2.24) is 0 Å². The topological polar surface area (TPSA) is 37.3 Å². The van der Waals surface area contributed by atoms with Crippen LogP contribution in [0.5, 0.6) is 0 Å². The van der Waals surface area contributed by atoms with Gasteiger partial charge in [-0.25, -0.2) is 8.78 Å². The number of carboxylic acid groups (broad SMARTS) is 1. The molecule has 0 bridgehead atoms. The third-order valence-electron chi connectivity index (χ3n) is 3.02. The van der Waals surface area contributed by atoms with E-state index in [1.165, 1.54) is 0 Å². The van der Waals surface area contributed by atoms with Crippen LogP contribution in [0, 0.1) is 5.41 Å². The highest BCUT2D eigenvalue weighted by molar-refractivity contribution is 7.99. The van der Waals surface area contributed by atoms with Crippen molar-refractivity contribution in [3.63, 3.8) is 0 Å². The maximum atomic E-state index is 13.7. The number of hydrogen-bond donors (Lipinski definition) is 1. The Balaban J connectivity index is 2.90. The summed E-state index contributed by atoms with van der Waals surface area (Å²) in [5.74, 6) is -4.24. The minimum absolute atomic E-state index is 0.0833. The van der Waals surface area contributed by atoms with Gasteiger partial charge in [0.05, 0.1) is 5.75 Å². The number of carbonyl (C=O) groups is 1. The molecule has 0 spiro atoms. The molecular formula is C10H16F2O2S. The van der Waals surface area contributed by atoms with Gasteiger partial charge in [0, 0.05) is 0 Å². The van der Waals surface area contributed by atoms with Crippen molar-refractivity contribution in [3.05, 3.63) is 0 Å². The Morgan fingerprint density at radius 1 is 1.53 bits per heavy atom. The molecule has 1 saturated heterocycles. The summed E-state index contributed by atoms with van der Waals surface area (Å²) in [6.07, 6.45) is 1.47. The van der Waals surface area contributed by atoms with Crippen LogP contribution < -0.4 is 0 Å². The number of alkyl halides is 2. The average molecular weight is 238 g/mol. The third-order valence-corrected chi connectivity index (χ3v) is 4.08. The zero-order chi connectivity index (χ0) is 11.5. The molecule has 2 nitrogen and oxygen atoms in total. The summed E-state index contributed by atoms with van der Waals surface area (Å²) < 4.78 is 27.4. The Bertz CT molecular complexity index is 246. The van der Waals surface area contributed by atoms with Gasteiger partial charge in [0.15, 0.2) is 0 Å². The van der Waals surface area contributed by atoms with Crippen LogP contribution in [0.4, 0.5) is 8.78 Å². The van der Waals surface area contributed by atoms with E-state index in [9.17, 15) is 13.6 Å². The van der Waals surface area contributed by atoms with Crippen LogP contribution in [-0.4, -0.2) is 28.5 Å². The number of halogens is 2. The van der Waals surface area contributed by atoms with E-state index in [0.717, 1.165) is 18.2 Å². The van der Waals surface area contributed by atoms with E-state index in [2.05, 4.69) is 0 Å². The summed E-state index contributed by atoms with van der Waals surface area (Å²) in [4.78, 5) is 11.1. The fourth-order valence-electron chi connectivity index (χ4n) is 1.92. The fraction of sp³-hybridized carbons (Fsp3) is 0.900. The predicted octanol–water partition coefficient (Wildman–Crippen LogP) is 3.02. The molecule has 1 fully saturated rings. The molecule has 1 atom stereocenters. The maximum Gasteiger partial charge on any atom is 0.315 e. The molecule has 0 saturated carbocycles. The van der Waals surface area contributed by atoms with E-state index in [-0.39, 0.29) is 18.6 Å². The highest BCUT2D eigenvalue weighted by Crippen LogP contribution is 2.50. The van der Waals surface area contributed by atoms with Crippen LogP contribution in [0.15, 0.2) is 0 Å². The minimum Gasteiger partial charge on any atom is -0.481 e. The average Bonchev–Trinajstić information content (AvgIpc) is 2.15. The molecule has 0 radical (unpaired) electrons. The Labute approximate surface area is 92.4 Å². The third kappa shape index (κ3) is 2.27. The summed E-state index contributed by atoms with van der Waals surface area (Å²) in [6.45, 7) is 1.88. The van der Waals surface area contributed by atoms with Crippen LogP contribution in [0.2, 0.25) is 0 Å². The summed E-state index contributed by atoms with van der Waals surface area (Å²) >= 11 is 1.14. The summed E-state index contributed by atoms with van der Waals surface area (Å²) in [5.41, 5.74) is -1.81. The Morgan fingerprint density at radius 2 is 2.20 bits per heavy atom. The molecule has 0 aliphatic carbocycles. The molecule has 5 heteroatoms. The molecule has 88 valence electrons. The smallest absolute Gasteiger partial charge is 0.315 e. The van der Waals surface area contributed by atoms with Gasteiger partial charge in [-0.1, -0.05) is 19.8 Å². The SMILES string of the molecule is CCCCC1(C(=O)O)CCSCC1(F)F. The molecule has 1 aliphatic rings. The van der Waals surface area contributed by atoms with Gasteiger partial charge in [-0.15, -0.1) is 0 Å². The van der Waals surface area contributed by atoms with Gasteiger partial charge in [-0.2, -0.15) is 11.8 Å². The van der Waals surface area contributed by atoms with Crippen LogP contribution in [-0.2, 0) is 4.79 Å². The highest BCUT2D eigenvalue weighted by Gasteiger charge is 2.59. The molecule has 0 amide bonds. The molecule has 1 heterocycles. The first-order valence-electron chi connectivity index (χ1n) is 5.15. The normalized spacial score (nSPS) is 30.1. The van der Waals surface area contributed by atoms with Gasteiger partial charge < -0.3 is 5.11 Å². The first-order valence-corrected chi connectivity index (χ1v) is 6.31. The molecule has 1 aliphatic heterocycles. The lowest BCUT2D eigenvalue weighted by atomic mass is 9.74. The van der Waals surface area contributed by atoms with Crippen molar-refractivity contribution >= 4 is 17.7 Å². The molecule has 1 unspecified atom stereocenters. The monoisotopic (exact) mass is 238 g/mol. The Hall–Kier alpha value is -0.320. The molecule has 0 aromatic heterocycles. The maximum absolute atomic E-state index is 13.7. The Kier molecular flexibility index (Phi) is 3.98. The summed E-state index contributed by atoms with van der Waals surface area (Å²) in [5, 5.41) is 9.06. The van der Waals surface area contributed by atoms with E-state index < -0.39 is 17.3 Å². The lowest BCUT2D eigenvalue weighted by Crippen LogP contribution is -2.52. The zero-order valence-corrected chi connectivity index (χ0v) is 9.58. The van der Waals surface area contributed by atoms with Crippen LogP contribution in [0.1, 0.15) is 32.6 Å². The number of rotatable bonds is 4. The second kappa shape index (κ2) is 4.68. The second-order valence-corrected chi connectivity index (χ2v) is 5.10. The van der Waals surface area contributed by atoms with Crippen molar-refractivity contribution in [2.75, 3.05) is 11.5 Å². The van der Waals surface area contributed by atoms with E-state index in [4.69, 9.17) is 5.11 Å². The Morgan fingerprint density at radius 3 is 2.67 bits per heavy atom. The zero-order valence-electron chi connectivity index (χ0n) is 8.76. The number of carboxylic acids is 1. The highest BCUT2D eigenvalue weighted by atomic mass is 32.2. The van der Waals surface area contributed by atoms with Gasteiger partial charge in [0.2, 0.25) is 0 Å². The molecular weight excluding hydrogens is 222 g/mol. The van der Waals surface area contributed by atoms with Crippen molar-refractivity contribution < 1.29 is 18.7 Å². The van der Waals surface area contributed by atoms with E-state index in [1.807, 2.05) is 6.92 Å². The fourth-order valence-corrected chi connectivity index (χ4v) is 3.09. The van der Waals surface area contributed by atoms with E-state index in [1.54, 1.807) is 0 Å². The lowest BCUT2D eigenvalue weighted by molar-refractivity contribution is -0.177. The van der Waals surface area contributed by atoms with Crippen LogP contribution in [0.25, 0.3) is 0 Å². The quantitative estimate of drug-likeness (QED) is 0.818. The van der Waals surface area contributed by atoms with Crippen molar-refractivity contribution in [2.45, 2.75) is 38.5 Å². The van der Waals surface area contributed by atoms with Gasteiger partial charge in [-0.05, 0) is 18.6 Å². The first kappa shape index (κ1) is 12.7. The molecule has 1 rings (SSSR count). The van der Waals surface area contributed by atoms with Crippen LogP contribution >= 0.6 is 11.8 Å². The van der Waals surface area contributed by atoms with E-state index in [0.29, 0.717) is 12.2 Å². The molecule has 0 aromatic rings. The van der Waals surface area contributed by atoms with Crippen LogP contribution in [0.3, 0.4) is 0 Å². The van der Waals surface area contributed by atoms with Crippen molar-refractivity contribution in [1.29, 1.82) is 0 Å². The molecule has 15 heavy (non-hydrogen) atoms. The number of thioether (sulfide) groups is 1. The van der Waals surface area contributed by atoms with Crippen molar-refractivity contribution in [2.24, 2.45) is 5.41 Å². The van der Waals surface area contributed by atoms with E-state index >= 15 is 0 Å². The van der Waals surface area contributed by atoms with Gasteiger partial charge in [-0.3, -0.25) is 4.79 Å². The minimum atomic E-state index is -3.07. The van der Waals surface area contributed by atoms with Gasteiger partial charge in [0.1, 0.15) is 5.41 Å². The second-order valence-electron chi connectivity index (χ2n) is 4.00. The lowest BCUT2D eigenvalue weighted by Gasteiger charge is -2.40. The van der Waals surface area contributed by atoms with Gasteiger partial charge >= 0.3 is 5.97 Å². The largest absolute Gasteiger partial charge is 0.481 e. The standard InChI is InChI=1S/C10H16F2O2S/c1-2-3-4-9(8(13)14)5-6-15-7-10(9,11)12/h2-7H2,1H3,(H,13,14). The van der Waals surface area contributed by atoms with Gasteiger partial charge in [0.25, 0.3) is 5.92 Å². The number of unbranched alkanes of at least 4 members (excludes halogenated alkanes) is 1. The number of aliphatic carboxylic acids is 1. The first-order chi connectivity index (χ1) is 6.96. The van der Waals surface area contributed by atoms with Crippen molar-refractivity contribution in [3.8, 4) is 0 Å². The molecule has 1 N–H and O–H groups in total. The summed E-state index contributed by atoms with van der Waals surface area (Å²) in [6, 6.07) is 0.